The lowest BCUT2D eigenvalue weighted by Crippen LogP contribution is -2.19. The molecule has 3 aromatic carbocycles. The Morgan fingerprint density at radius 1 is 0.872 bits per heavy atom. The Bertz CT molecular complexity index is 1630. The molecule has 2 aromatic heterocycles. The van der Waals surface area contributed by atoms with Crippen LogP contribution in [0.2, 0.25) is 0 Å². The minimum Gasteiger partial charge on any atom is -0.477 e. The third-order valence-corrected chi connectivity index (χ3v) is 7.30. The molecule has 0 atom stereocenters. The lowest BCUT2D eigenvalue weighted by atomic mass is 10.0. The average Bonchev–Trinajstić information content (AvgIpc) is 3.66. The van der Waals surface area contributed by atoms with Crippen molar-refractivity contribution in [3.8, 4) is 11.1 Å². The number of aromatic nitrogens is 3. The van der Waals surface area contributed by atoms with Gasteiger partial charge in [-0.1, -0.05) is 48.5 Å². The fraction of sp³-hybridized carbons (Fsp3) is 0.250. The zero-order valence-electron chi connectivity index (χ0n) is 21.8. The molecule has 1 saturated heterocycles. The highest BCUT2D eigenvalue weighted by atomic mass is 16.4. The van der Waals surface area contributed by atoms with E-state index in [4.69, 9.17) is 5.11 Å². The fourth-order valence-electron chi connectivity index (χ4n) is 5.01. The summed E-state index contributed by atoms with van der Waals surface area (Å²) in [6.07, 6.45) is 8.41. The molecule has 0 spiro atoms. The van der Waals surface area contributed by atoms with Crippen LogP contribution < -0.4 is 10.2 Å². The normalized spacial score (nSPS) is 14.8. The van der Waals surface area contributed by atoms with Crippen molar-refractivity contribution in [2.75, 3.05) is 18.0 Å². The number of aromatic carboxylic acids is 1. The summed E-state index contributed by atoms with van der Waals surface area (Å²) in [6.45, 7) is 3.14. The monoisotopic (exact) mass is 517 g/mol. The summed E-state index contributed by atoms with van der Waals surface area (Å²) in [7, 11) is 0. The number of carboxylic acids is 1. The molecule has 3 heterocycles. The van der Waals surface area contributed by atoms with Gasteiger partial charge in [0.25, 0.3) is 0 Å². The molecule has 1 aliphatic heterocycles. The van der Waals surface area contributed by atoms with Gasteiger partial charge in [-0.15, -0.1) is 0 Å². The topological polar surface area (TPSA) is 91.2 Å². The Morgan fingerprint density at radius 2 is 1.67 bits per heavy atom. The molecule has 196 valence electrons. The molecule has 0 unspecified atom stereocenters. The Kier molecular flexibility index (Phi) is 7.15. The summed E-state index contributed by atoms with van der Waals surface area (Å²) in [6, 6.07) is 25.3. The molecule has 2 aliphatic rings. The predicted octanol–water partition coefficient (Wildman–Crippen LogP) is 6.08. The number of anilines is 1. The number of rotatable bonds is 6. The largest absolute Gasteiger partial charge is 0.477 e. The maximum absolute atomic E-state index is 10.6. The number of nitrogens with one attached hydrogen (secondary N) is 1. The number of pyridine rings is 1. The van der Waals surface area contributed by atoms with E-state index in [1.54, 1.807) is 18.6 Å². The number of carbonyl (C=O) groups is 1. The second-order valence-electron chi connectivity index (χ2n) is 10.2. The van der Waals surface area contributed by atoms with Crippen molar-refractivity contribution in [2.24, 2.45) is 0 Å². The lowest BCUT2D eigenvalue weighted by Gasteiger charge is -2.18. The van der Waals surface area contributed by atoms with Gasteiger partial charge in [-0.05, 0) is 72.0 Å². The Hall–Kier alpha value is -4.36. The van der Waals surface area contributed by atoms with Gasteiger partial charge in [0.15, 0.2) is 0 Å². The molecule has 0 amide bonds. The van der Waals surface area contributed by atoms with Gasteiger partial charge >= 0.3 is 5.97 Å². The van der Waals surface area contributed by atoms with Crippen LogP contribution in [0.15, 0.2) is 85.3 Å². The quantitative estimate of drug-likeness (QED) is 0.282. The predicted molar refractivity (Wildman–Crippen MR) is 155 cm³/mol. The highest BCUT2D eigenvalue weighted by Gasteiger charge is 2.20. The van der Waals surface area contributed by atoms with E-state index in [0.29, 0.717) is 0 Å². The number of benzene rings is 3. The first-order valence-electron chi connectivity index (χ1n) is 13.5. The van der Waals surface area contributed by atoms with Crippen molar-refractivity contribution in [1.29, 1.82) is 0 Å². The molecule has 1 aliphatic carbocycles. The first-order chi connectivity index (χ1) is 19.1. The number of carboxylic acid groups (broad SMARTS) is 1. The third kappa shape index (κ3) is 5.89. The summed E-state index contributed by atoms with van der Waals surface area (Å²) in [5, 5.41) is 15.3. The fourth-order valence-corrected chi connectivity index (χ4v) is 5.01. The molecule has 7 nitrogen and oxygen atoms in total. The standard InChI is InChI=1S/C22H24N4.C10H7NO2/c1-2-11-26(10-1)22-20-13-18(6-9-21(20)24-15-25-22)17-5-3-4-16(12-17)14-23-19-7-8-19;12-10(13)9-5-7-3-1-2-4-8(7)6-11-9/h3-6,9,12-13,15,19,23H,1-2,7-8,10-11,14H2;1-6H,(H,12,13). The summed E-state index contributed by atoms with van der Waals surface area (Å²) in [4.78, 5) is 25.9. The van der Waals surface area contributed by atoms with E-state index in [1.165, 1.54) is 42.4 Å². The van der Waals surface area contributed by atoms with Crippen LogP contribution >= 0.6 is 0 Å². The molecular formula is C32H31N5O2. The zero-order valence-corrected chi connectivity index (χ0v) is 21.8. The Balaban J connectivity index is 0.000000179. The molecule has 5 aromatic rings. The van der Waals surface area contributed by atoms with Crippen molar-refractivity contribution in [2.45, 2.75) is 38.3 Å². The number of hydrogen-bond acceptors (Lipinski definition) is 6. The highest BCUT2D eigenvalue weighted by molar-refractivity contribution is 5.93. The van der Waals surface area contributed by atoms with Crippen LogP contribution in [0.4, 0.5) is 5.82 Å². The van der Waals surface area contributed by atoms with Crippen molar-refractivity contribution < 1.29 is 9.90 Å². The van der Waals surface area contributed by atoms with Gasteiger partial charge in [0.1, 0.15) is 17.8 Å². The van der Waals surface area contributed by atoms with Crippen molar-refractivity contribution in [3.63, 3.8) is 0 Å². The van der Waals surface area contributed by atoms with Crippen LogP contribution in [0.5, 0.6) is 0 Å². The average molecular weight is 518 g/mol. The maximum atomic E-state index is 10.6. The maximum Gasteiger partial charge on any atom is 0.354 e. The summed E-state index contributed by atoms with van der Waals surface area (Å²) in [5.41, 5.74) is 4.95. The minimum atomic E-state index is -0.995. The smallest absolute Gasteiger partial charge is 0.354 e. The first kappa shape index (κ1) is 24.9. The van der Waals surface area contributed by atoms with Crippen LogP contribution in [-0.2, 0) is 6.54 Å². The van der Waals surface area contributed by atoms with Gasteiger partial charge < -0.3 is 15.3 Å². The van der Waals surface area contributed by atoms with Gasteiger partial charge in [-0.25, -0.2) is 19.7 Å². The molecule has 7 heteroatoms. The molecule has 2 N–H and O–H groups in total. The molecule has 0 bridgehead atoms. The lowest BCUT2D eigenvalue weighted by molar-refractivity contribution is 0.0690. The second-order valence-corrected chi connectivity index (χ2v) is 10.2. The molecule has 7 rings (SSSR count). The van der Waals surface area contributed by atoms with Crippen LogP contribution in [0.3, 0.4) is 0 Å². The first-order valence-corrected chi connectivity index (χ1v) is 13.5. The van der Waals surface area contributed by atoms with E-state index in [9.17, 15) is 4.79 Å². The van der Waals surface area contributed by atoms with E-state index in [0.717, 1.165) is 53.2 Å². The SMILES string of the molecule is O=C(O)c1cc2ccccc2cn1.c1cc(CNC2CC2)cc(-c2ccc3ncnc(N4CCCC4)c3c2)c1. The Labute approximate surface area is 227 Å². The molecule has 0 radical (unpaired) electrons. The zero-order chi connectivity index (χ0) is 26.6. The minimum absolute atomic E-state index is 0.0821. The van der Waals surface area contributed by atoms with Gasteiger partial charge in [0, 0.05) is 42.6 Å². The second kappa shape index (κ2) is 11.2. The van der Waals surface area contributed by atoms with Crippen LogP contribution in [0.1, 0.15) is 41.7 Å². The van der Waals surface area contributed by atoms with Crippen molar-refractivity contribution >= 4 is 33.5 Å². The number of fused-ring (bicyclic) bond motifs is 2. The van der Waals surface area contributed by atoms with Gasteiger partial charge in [0.2, 0.25) is 0 Å². The number of hydrogen-bond donors (Lipinski definition) is 2. The van der Waals surface area contributed by atoms with Crippen molar-refractivity contribution in [1.82, 2.24) is 20.3 Å². The highest BCUT2D eigenvalue weighted by Crippen LogP contribution is 2.31. The molecular weight excluding hydrogens is 486 g/mol. The van der Waals surface area contributed by atoms with Crippen LogP contribution in [-0.4, -0.2) is 45.2 Å². The molecule has 2 fully saturated rings. The van der Waals surface area contributed by atoms with E-state index in [1.807, 2.05) is 24.3 Å². The molecule has 1 saturated carbocycles. The summed E-state index contributed by atoms with van der Waals surface area (Å²) < 4.78 is 0. The molecule has 39 heavy (non-hydrogen) atoms. The third-order valence-electron chi connectivity index (χ3n) is 7.30. The van der Waals surface area contributed by atoms with Crippen LogP contribution in [0, 0.1) is 0 Å². The van der Waals surface area contributed by atoms with Gasteiger partial charge in [-0.3, -0.25) is 0 Å². The number of nitrogens with zero attached hydrogens (tertiary/aromatic N) is 4. The van der Waals surface area contributed by atoms with Crippen molar-refractivity contribution in [3.05, 3.63) is 96.6 Å². The summed E-state index contributed by atoms with van der Waals surface area (Å²) in [5.74, 6) is 0.0895. The van der Waals surface area contributed by atoms with E-state index < -0.39 is 5.97 Å². The van der Waals surface area contributed by atoms with Gasteiger partial charge in [0.05, 0.1) is 5.52 Å². The van der Waals surface area contributed by atoms with E-state index in [-0.39, 0.29) is 5.69 Å². The van der Waals surface area contributed by atoms with E-state index in [2.05, 4.69) is 67.6 Å². The van der Waals surface area contributed by atoms with E-state index >= 15 is 0 Å². The van der Waals surface area contributed by atoms with Gasteiger partial charge in [-0.2, -0.15) is 0 Å². The van der Waals surface area contributed by atoms with Crippen LogP contribution in [0.25, 0.3) is 32.8 Å². The summed E-state index contributed by atoms with van der Waals surface area (Å²) >= 11 is 0. The Morgan fingerprint density at radius 3 is 2.46 bits per heavy atom.